The summed E-state index contributed by atoms with van der Waals surface area (Å²) in [6.45, 7) is 2.73. The van der Waals surface area contributed by atoms with Crippen LogP contribution in [0.1, 0.15) is 13.0 Å². The van der Waals surface area contributed by atoms with Gasteiger partial charge in [-0.25, -0.2) is 4.98 Å². The van der Waals surface area contributed by atoms with Crippen molar-refractivity contribution in [1.29, 1.82) is 0 Å². The predicted octanol–water partition coefficient (Wildman–Crippen LogP) is 2.64. The van der Waals surface area contributed by atoms with E-state index in [1.807, 2.05) is 22.8 Å². The van der Waals surface area contributed by atoms with Gasteiger partial charge in [-0.15, -0.1) is 0 Å². The lowest BCUT2D eigenvalue weighted by Gasteiger charge is -2.22. The Balaban J connectivity index is 2.48. The van der Waals surface area contributed by atoms with E-state index < -0.39 is 0 Å². The Bertz CT molecular complexity index is 506. The van der Waals surface area contributed by atoms with Crippen molar-refractivity contribution >= 4 is 22.6 Å². The molecule has 0 spiro atoms. The largest absolute Gasteiger partial charge is 0.489 e. The monoisotopic (exact) mass is 208 g/mol. The average Bonchev–Trinajstić information content (AvgIpc) is 2.51. The standard InChI is InChI=1S/C10H9ClN2O/c1-6-5-14-8-4-2-3-7-9(8)13(6)10(11)12-7/h2-4,6H,5H2,1H3. The second-order valence-electron chi connectivity index (χ2n) is 3.53. The minimum Gasteiger partial charge on any atom is -0.489 e. The molecule has 3 rings (SSSR count). The molecule has 0 amide bonds. The van der Waals surface area contributed by atoms with Gasteiger partial charge in [0.2, 0.25) is 5.28 Å². The molecule has 2 aromatic rings. The first-order valence-corrected chi connectivity index (χ1v) is 4.94. The van der Waals surface area contributed by atoms with Crippen molar-refractivity contribution in [1.82, 2.24) is 9.55 Å². The number of para-hydroxylation sites is 1. The number of hydrogen-bond donors (Lipinski definition) is 0. The molecule has 0 radical (unpaired) electrons. The molecule has 1 aromatic carbocycles. The minimum atomic E-state index is 0.252. The zero-order valence-electron chi connectivity index (χ0n) is 7.70. The summed E-state index contributed by atoms with van der Waals surface area (Å²) >= 11 is 6.06. The molecule has 3 nitrogen and oxygen atoms in total. The number of nitrogens with zero attached hydrogens (tertiary/aromatic N) is 2. The highest BCUT2D eigenvalue weighted by Gasteiger charge is 2.22. The van der Waals surface area contributed by atoms with Gasteiger partial charge in [-0.05, 0) is 30.7 Å². The van der Waals surface area contributed by atoms with Gasteiger partial charge in [0, 0.05) is 0 Å². The van der Waals surface area contributed by atoms with Gasteiger partial charge in [0.05, 0.1) is 11.6 Å². The lowest BCUT2D eigenvalue weighted by Crippen LogP contribution is -2.19. The third-order valence-corrected chi connectivity index (χ3v) is 2.82. The summed E-state index contributed by atoms with van der Waals surface area (Å²) in [5.74, 6) is 0.875. The fourth-order valence-corrected chi connectivity index (χ4v) is 2.23. The number of benzene rings is 1. The van der Waals surface area contributed by atoms with E-state index in [1.165, 1.54) is 0 Å². The number of hydrogen-bond acceptors (Lipinski definition) is 2. The van der Waals surface area contributed by atoms with E-state index in [2.05, 4.69) is 11.9 Å². The Morgan fingerprint density at radius 2 is 2.43 bits per heavy atom. The van der Waals surface area contributed by atoms with Crippen molar-refractivity contribution in [2.24, 2.45) is 0 Å². The van der Waals surface area contributed by atoms with Crippen molar-refractivity contribution in [2.45, 2.75) is 13.0 Å². The topological polar surface area (TPSA) is 27.1 Å². The lowest BCUT2D eigenvalue weighted by atomic mass is 10.2. The molecular formula is C10H9ClN2O. The summed E-state index contributed by atoms with van der Waals surface area (Å²) in [4.78, 5) is 4.28. The average molecular weight is 209 g/mol. The van der Waals surface area contributed by atoms with E-state index in [1.54, 1.807) is 0 Å². The van der Waals surface area contributed by atoms with Crippen molar-refractivity contribution in [2.75, 3.05) is 6.61 Å². The third kappa shape index (κ3) is 0.904. The van der Waals surface area contributed by atoms with Crippen LogP contribution >= 0.6 is 11.6 Å². The minimum absolute atomic E-state index is 0.252. The van der Waals surface area contributed by atoms with Crippen molar-refractivity contribution in [3.8, 4) is 5.75 Å². The molecular weight excluding hydrogens is 200 g/mol. The maximum atomic E-state index is 6.06. The molecule has 0 fully saturated rings. The molecule has 4 heteroatoms. The molecule has 1 aromatic heterocycles. The van der Waals surface area contributed by atoms with Crippen LogP contribution in [-0.2, 0) is 0 Å². The van der Waals surface area contributed by atoms with Gasteiger partial charge < -0.3 is 9.30 Å². The Hall–Kier alpha value is -1.22. The van der Waals surface area contributed by atoms with Gasteiger partial charge in [0.15, 0.2) is 0 Å². The van der Waals surface area contributed by atoms with Crippen LogP contribution in [0, 0.1) is 0 Å². The van der Waals surface area contributed by atoms with Gasteiger partial charge in [-0.1, -0.05) is 6.07 Å². The van der Waals surface area contributed by atoms with Gasteiger partial charge in [-0.3, -0.25) is 0 Å². The first-order chi connectivity index (χ1) is 6.77. The highest BCUT2D eigenvalue weighted by atomic mass is 35.5. The third-order valence-electron chi connectivity index (χ3n) is 2.55. The van der Waals surface area contributed by atoms with E-state index in [0.717, 1.165) is 16.8 Å². The number of halogens is 1. The summed E-state index contributed by atoms with van der Waals surface area (Å²) in [6.07, 6.45) is 0. The number of imidazole rings is 1. The van der Waals surface area contributed by atoms with E-state index in [0.29, 0.717) is 11.9 Å². The first kappa shape index (κ1) is 8.12. The molecule has 0 bridgehead atoms. The van der Waals surface area contributed by atoms with Crippen LogP contribution in [0.5, 0.6) is 5.75 Å². The van der Waals surface area contributed by atoms with Crippen molar-refractivity contribution in [3.05, 3.63) is 23.5 Å². The van der Waals surface area contributed by atoms with Gasteiger partial charge in [0.1, 0.15) is 17.9 Å². The van der Waals surface area contributed by atoms with Crippen LogP contribution in [0.4, 0.5) is 0 Å². The summed E-state index contributed by atoms with van der Waals surface area (Å²) in [5, 5.41) is 0.545. The Morgan fingerprint density at radius 1 is 1.57 bits per heavy atom. The van der Waals surface area contributed by atoms with Crippen LogP contribution in [0.15, 0.2) is 18.2 Å². The highest BCUT2D eigenvalue weighted by Crippen LogP contribution is 2.34. The summed E-state index contributed by atoms with van der Waals surface area (Å²) in [5.41, 5.74) is 1.91. The predicted molar refractivity (Wildman–Crippen MR) is 54.9 cm³/mol. The van der Waals surface area contributed by atoms with Gasteiger partial charge >= 0.3 is 0 Å². The molecule has 0 N–H and O–H groups in total. The normalized spacial score (nSPS) is 19.7. The summed E-state index contributed by atoms with van der Waals surface area (Å²) in [6, 6.07) is 6.08. The molecule has 2 heterocycles. The molecule has 14 heavy (non-hydrogen) atoms. The summed E-state index contributed by atoms with van der Waals surface area (Å²) in [7, 11) is 0. The quantitative estimate of drug-likeness (QED) is 0.666. The Labute approximate surface area is 86.3 Å². The second-order valence-corrected chi connectivity index (χ2v) is 3.87. The molecule has 72 valence electrons. The van der Waals surface area contributed by atoms with E-state index in [9.17, 15) is 0 Å². The van der Waals surface area contributed by atoms with Gasteiger partial charge in [-0.2, -0.15) is 0 Å². The SMILES string of the molecule is CC1COc2cccc3nc(Cl)n1c23. The van der Waals surface area contributed by atoms with Crippen LogP contribution in [0.3, 0.4) is 0 Å². The van der Waals surface area contributed by atoms with Crippen LogP contribution in [0.2, 0.25) is 5.28 Å². The summed E-state index contributed by atoms with van der Waals surface area (Å²) < 4.78 is 7.63. The molecule has 0 saturated carbocycles. The Morgan fingerprint density at radius 3 is 3.29 bits per heavy atom. The zero-order valence-corrected chi connectivity index (χ0v) is 8.45. The fraction of sp³-hybridized carbons (Fsp3) is 0.300. The molecule has 1 unspecified atom stereocenters. The van der Waals surface area contributed by atoms with E-state index >= 15 is 0 Å². The zero-order chi connectivity index (χ0) is 9.71. The molecule has 0 aliphatic carbocycles. The smallest absolute Gasteiger partial charge is 0.204 e. The van der Waals surface area contributed by atoms with E-state index in [-0.39, 0.29) is 6.04 Å². The van der Waals surface area contributed by atoms with Crippen molar-refractivity contribution in [3.63, 3.8) is 0 Å². The van der Waals surface area contributed by atoms with Gasteiger partial charge in [0.25, 0.3) is 0 Å². The molecule has 1 atom stereocenters. The van der Waals surface area contributed by atoms with Crippen LogP contribution in [0.25, 0.3) is 11.0 Å². The second kappa shape index (κ2) is 2.64. The number of ether oxygens (including phenoxy) is 1. The maximum absolute atomic E-state index is 6.06. The molecule has 1 aliphatic heterocycles. The van der Waals surface area contributed by atoms with Crippen molar-refractivity contribution < 1.29 is 4.74 Å². The number of aromatic nitrogens is 2. The maximum Gasteiger partial charge on any atom is 0.204 e. The fourth-order valence-electron chi connectivity index (χ4n) is 1.89. The number of rotatable bonds is 0. The molecule has 0 saturated heterocycles. The highest BCUT2D eigenvalue weighted by molar-refractivity contribution is 6.29. The van der Waals surface area contributed by atoms with Crippen LogP contribution in [-0.4, -0.2) is 16.2 Å². The Kier molecular flexibility index (Phi) is 1.53. The first-order valence-electron chi connectivity index (χ1n) is 4.56. The lowest BCUT2D eigenvalue weighted by molar-refractivity contribution is 0.248. The molecule has 1 aliphatic rings. The van der Waals surface area contributed by atoms with E-state index in [4.69, 9.17) is 16.3 Å². The van der Waals surface area contributed by atoms with Crippen LogP contribution < -0.4 is 4.74 Å².